The van der Waals surface area contributed by atoms with Gasteiger partial charge in [-0.3, -0.25) is 0 Å². The summed E-state index contributed by atoms with van der Waals surface area (Å²) < 4.78 is 5.64. The predicted molar refractivity (Wildman–Crippen MR) is 137 cm³/mol. The third-order valence-corrected chi connectivity index (χ3v) is 15.7. The zero-order chi connectivity index (χ0) is 22.7. The molecule has 0 radical (unpaired) electrons. The number of hydrogen-bond donors (Lipinski definition) is 0. The van der Waals surface area contributed by atoms with Crippen LogP contribution in [0.1, 0.15) is 95.9 Å². The topological polar surface area (TPSA) is 0 Å². The number of benzene rings is 2. The van der Waals surface area contributed by atoms with Crippen LogP contribution in [0.3, 0.4) is 0 Å². The minimum absolute atomic E-state index is 0.188. The first-order valence-electron chi connectivity index (χ1n) is 12.5. The van der Waals surface area contributed by atoms with Gasteiger partial charge in [-0.05, 0) is 0 Å². The van der Waals surface area contributed by atoms with E-state index in [1.807, 2.05) is 9.76 Å². The molecule has 1 heteroatoms. The van der Waals surface area contributed by atoms with E-state index in [4.69, 9.17) is 0 Å². The molecule has 0 nitrogen and oxygen atoms in total. The monoisotopic (exact) mass is 500 g/mol. The van der Waals surface area contributed by atoms with Crippen molar-refractivity contribution in [3.63, 3.8) is 0 Å². The summed E-state index contributed by atoms with van der Waals surface area (Å²) in [5.41, 5.74) is 9.77. The summed E-state index contributed by atoms with van der Waals surface area (Å²) in [5, 5.41) is 0. The SMILES string of the molecule is CC(C)(C)c1ccc2c(c1)Cc1c-2ccc(C(C)(C)C)[c]1[Zr]([C]1=CC=CC1)=[C]1CCCC1. The molecule has 2 aromatic carbocycles. The van der Waals surface area contributed by atoms with Crippen LogP contribution in [0, 0.1) is 0 Å². The normalized spacial score (nSPS) is 17.6. The van der Waals surface area contributed by atoms with Crippen LogP contribution in [0.4, 0.5) is 0 Å². The number of rotatable bonds is 2. The molecule has 0 aromatic heterocycles. The van der Waals surface area contributed by atoms with Crippen LogP contribution in [0.2, 0.25) is 0 Å². The Balaban J connectivity index is 1.76. The zero-order valence-electron chi connectivity index (χ0n) is 20.9. The fourth-order valence-electron chi connectivity index (χ4n) is 5.90. The van der Waals surface area contributed by atoms with Gasteiger partial charge in [0.1, 0.15) is 0 Å². The molecule has 3 aliphatic carbocycles. The van der Waals surface area contributed by atoms with Gasteiger partial charge in [0.2, 0.25) is 0 Å². The molecular weight excluding hydrogens is 464 g/mol. The molecule has 32 heavy (non-hydrogen) atoms. The van der Waals surface area contributed by atoms with Gasteiger partial charge in [-0.15, -0.1) is 0 Å². The van der Waals surface area contributed by atoms with Crippen molar-refractivity contribution >= 4 is 6.48 Å². The van der Waals surface area contributed by atoms with Gasteiger partial charge in [-0.25, -0.2) is 0 Å². The average Bonchev–Trinajstić information content (AvgIpc) is 3.47. The molecule has 0 unspecified atom stereocenters. The first-order valence-corrected chi connectivity index (χ1v) is 16.2. The van der Waals surface area contributed by atoms with Crippen molar-refractivity contribution in [1.82, 2.24) is 0 Å². The van der Waals surface area contributed by atoms with Crippen molar-refractivity contribution in [1.29, 1.82) is 0 Å². The van der Waals surface area contributed by atoms with E-state index in [-0.39, 0.29) is 10.8 Å². The van der Waals surface area contributed by atoms with Gasteiger partial charge in [0.15, 0.2) is 0 Å². The van der Waals surface area contributed by atoms with Gasteiger partial charge in [0, 0.05) is 0 Å². The van der Waals surface area contributed by atoms with E-state index in [9.17, 15) is 0 Å². The zero-order valence-corrected chi connectivity index (χ0v) is 23.3. The summed E-state index contributed by atoms with van der Waals surface area (Å²) in [4.78, 5) is 0. The molecule has 0 atom stereocenters. The van der Waals surface area contributed by atoms with Crippen LogP contribution in [0.25, 0.3) is 11.1 Å². The molecular formula is C31H38Zr. The second kappa shape index (κ2) is 8.16. The quantitative estimate of drug-likeness (QED) is 0.338. The fourth-order valence-corrected chi connectivity index (χ4v) is 15.3. The van der Waals surface area contributed by atoms with E-state index in [0.29, 0.717) is 0 Å². The number of hydrogen-bond acceptors (Lipinski definition) is 0. The van der Waals surface area contributed by atoms with Crippen LogP contribution in [0.15, 0.2) is 51.8 Å². The molecule has 0 N–H and O–H groups in total. The Labute approximate surface area is 203 Å². The molecule has 0 bridgehead atoms. The average molecular weight is 502 g/mol. The Bertz CT molecular complexity index is 1160. The molecule has 0 aliphatic heterocycles. The van der Waals surface area contributed by atoms with Gasteiger partial charge in [0.05, 0.1) is 0 Å². The molecule has 5 rings (SSSR count). The first-order chi connectivity index (χ1) is 15.1. The minimum atomic E-state index is -2.11. The first kappa shape index (κ1) is 22.5. The number of fused-ring (bicyclic) bond motifs is 3. The van der Waals surface area contributed by atoms with Gasteiger partial charge >= 0.3 is 204 Å². The molecule has 1 saturated carbocycles. The van der Waals surface area contributed by atoms with Crippen molar-refractivity contribution in [3.05, 3.63) is 74.1 Å². The fraction of sp³-hybridized carbons (Fsp3) is 0.452. The Morgan fingerprint density at radius 1 is 0.812 bits per heavy atom. The third kappa shape index (κ3) is 3.94. The Kier molecular flexibility index (Phi) is 5.73. The van der Waals surface area contributed by atoms with Gasteiger partial charge in [0.25, 0.3) is 0 Å². The maximum absolute atomic E-state index is 2.51. The summed E-state index contributed by atoms with van der Waals surface area (Å²) in [6.45, 7) is 14.3. The number of allylic oxidation sites excluding steroid dienone is 4. The van der Waals surface area contributed by atoms with E-state index < -0.39 is 21.3 Å². The molecule has 0 heterocycles. The van der Waals surface area contributed by atoms with Crippen LogP contribution < -0.4 is 3.27 Å². The standard InChI is InChI=1S/C21H25.C5H8.C5H5.Zr/c1-20(2,3)16-7-9-18-14(12-16)11-15-13-17(21(4,5)6)8-10-19(15)18;2*1-2-4-5-3-1;/h7-10,12H,11H2,1-6H3;1-4H2;1-3H,4H2;. The van der Waals surface area contributed by atoms with Gasteiger partial charge in [-0.2, -0.15) is 0 Å². The Morgan fingerprint density at radius 3 is 2.16 bits per heavy atom. The molecule has 3 aliphatic rings. The second-order valence-electron chi connectivity index (χ2n) is 12.1. The van der Waals surface area contributed by atoms with E-state index in [1.54, 1.807) is 16.7 Å². The Hall–Kier alpha value is -1.33. The molecule has 166 valence electrons. The van der Waals surface area contributed by atoms with E-state index in [1.165, 1.54) is 48.8 Å². The molecule has 0 saturated heterocycles. The Morgan fingerprint density at radius 2 is 1.53 bits per heavy atom. The van der Waals surface area contributed by atoms with Crippen LogP contribution in [0.5, 0.6) is 0 Å². The summed E-state index contributed by atoms with van der Waals surface area (Å²) in [7, 11) is 0. The third-order valence-electron chi connectivity index (χ3n) is 7.65. The molecule has 0 amide bonds. The van der Waals surface area contributed by atoms with Crippen molar-refractivity contribution in [2.45, 2.75) is 90.9 Å². The molecule has 1 fully saturated rings. The molecule has 0 spiro atoms. The van der Waals surface area contributed by atoms with Gasteiger partial charge < -0.3 is 0 Å². The van der Waals surface area contributed by atoms with Crippen molar-refractivity contribution in [2.75, 3.05) is 0 Å². The van der Waals surface area contributed by atoms with Crippen LogP contribution in [-0.4, -0.2) is 3.21 Å². The van der Waals surface area contributed by atoms with Crippen LogP contribution in [-0.2, 0) is 38.5 Å². The van der Waals surface area contributed by atoms with Crippen molar-refractivity contribution in [2.24, 2.45) is 0 Å². The van der Waals surface area contributed by atoms with Crippen molar-refractivity contribution < 1.29 is 21.3 Å². The van der Waals surface area contributed by atoms with E-state index in [0.717, 1.165) is 6.42 Å². The maximum atomic E-state index is 2.51. The van der Waals surface area contributed by atoms with Crippen LogP contribution >= 0.6 is 0 Å². The van der Waals surface area contributed by atoms with Gasteiger partial charge in [-0.1, -0.05) is 0 Å². The van der Waals surface area contributed by atoms with Crippen molar-refractivity contribution in [3.8, 4) is 11.1 Å². The van der Waals surface area contributed by atoms with E-state index in [2.05, 4.69) is 90.1 Å². The summed E-state index contributed by atoms with van der Waals surface area (Å²) in [6, 6.07) is 12.3. The predicted octanol–water partition coefficient (Wildman–Crippen LogP) is 7.69. The summed E-state index contributed by atoms with van der Waals surface area (Å²) >= 11 is -2.11. The second-order valence-corrected chi connectivity index (χ2v) is 18.5. The summed E-state index contributed by atoms with van der Waals surface area (Å²) in [6.07, 6.45) is 15.2. The molecule has 2 aromatic rings. The van der Waals surface area contributed by atoms with E-state index >= 15 is 0 Å². The summed E-state index contributed by atoms with van der Waals surface area (Å²) in [5.74, 6) is 0.